The van der Waals surface area contributed by atoms with Crippen molar-refractivity contribution in [3.8, 4) is 22.5 Å². The normalized spacial score (nSPS) is 11.2. The summed E-state index contributed by atoms with van der Waals surface area (Å²) in [5.41, 5.74) is 4.63. The van der Waals surface area contributed by atoms with Gasteiger partial charge in [-0.25, -0.2) is 4.98 Å². The van der Waals surface area contributed by atoms with Crippen molar-refractivity contribution in [2.45, 2.75) is 39.3 Å². The summed E-state index contributed by atoms with van der Waals surface area (Å²) in [6, 6.07) is 16.2. The minimum Gasteiger partial charge on any atom is -0.850 e. The average Bonchev–Trinajstić information content (AvgIpc) is 3.41. The molecule has 4 rings (SSSR count). The van der Waals surface area contributed by atoms with E-state index >= 15 is 0 Å². The number of H-pyrrole nitrogens is 1. The number of imidazole rings is 1. The van der Waals surface area contributed by atoms with Crippen LogP contribution in [0.5, 0.6) is 0 Å². The molecule has 0 saturated heterocycles. The number of unbranched alkanes of at least 4 members (excludes halogenated alkanes) is 1. The van der Waals surface area contributed by atoms with Gasteiger partial charge in [0.25, 0.3) is 0 Å². The van der Waals surface area contributed by atoms with Crippen molar-refractivity contribution in [2.75, 3.05) is 0 Å². The van der Waals surface area contributed by atoms with Gasteiger partial charge >= 0.3 is 0 Å². The van der Waals surface area contributed by atoms with E-state index in [1.807, 2.05) is 28.8 Å². The Hall–Kier alpha value is -3.03. The largest absolute Gasteiger partial charge is 0.850 e. The molecule has 0 bridgehead atoms. The van der Waals surface area contributed by atoms with Crippen LogP contribution in [0, 0.1) is 0 Å². The number of nitrogens with zero attached hydrogens (tertiary/aromatic N) is 5. The molecule has 0 aliphatic carbocycles. The van der Waals surface area contributed by atoms with Gasteiger partial charge in [-0.1, -0.05) is 80.1 Å². The highest BCUT2D eigenvalue weighted by molar-refractivity contribution is 6.30. The topological polar surface area (TPSA) is 95.3 Å². The molecule has 2 aromatic heterocycles. The fourth-order valence-corrected chi connectivity index (χ4v) is 3.79. The summed E-state index contributed by atoms with van der Waals surface area (Å²) in [5, 5.41) is 26.4. The Balaban J connectivity index is 1.62. The van der Waals surface area contributed by atoms with Crippen molar-refractivity contribution in [1.82, 2.24) is 30.2 Å². The molecule has 0 spiro atoms. The number of halogens is 1. The van der Waals surface area contributed by atoms with Crippen molar-refractivity contribution in [1.29, 1.82) is 0 Å². The van der Waals surface area contributed by atoms with E-state index in [1.165, 1.54) is 0 Å². The lowest BCUT2D eigenvalue weighted by Crippen LogP contribution is -2.14. The number of nitrogens with one attached hydrogen (secondary N) is 1. The Kier molecular flexibility index (Phi) is 6.21. The Bertz CT molecular complexity index is 1110. The molecular formula is C22H22ClN6O-. The standard InChI is InChI=1S/C22H22ClN6O/c1-2-3-8-20-24-21(23)19(14-30)29(20)13-15-9-11-16(12-10-15)17-6-4-5-7-18(17)22-25-27-28-26-22/h4-7,9-12H,2-3,8,13-14H2,1H3,(H,25,26,27,28)/q-1. The molecular weight excluding hydrogens is 400 g/mol. The van der Waals surface area contributed by atoms with Crippen molar-refractivity contribution in [2.24, 2.45) is 0 Å². The molecule has 8 heteroatoms. The minimum atomic E-state index is -0.381. The van der Waals surface area contributed by atoms with E-state index in [0.717, 1.165) is 47.3 Å². The highest BCUT2D eigenvalue weighted by Crippen LogP contribution is 2.30. The van der Waals surface area contributed by atoms with Crippen LogP contribution in [0.25, 0.3) is 22.5 Å². The first-order valence-electron chi connectivity index (χ1n) is 9.95. The summed E-state index contributed by atoms with van der Waals surface area (Å²) < 4.78 is 1.97. The fraction of sp³-hybridized carbons (Fsp3) is 0.273. The van der Waals surface area contributed by atoms with Gasteiger partial charge in [-0.05, 0) is 28.3 Å². The van der Waals surface area contributed by atoms with Gasteiger partial charge in [-0.3, -0.25) is 0 Å². The number of rotatable bonds is 8. The Morgan fingerprint density at radius 3 is 2.50 bits per heavy atom. The summed E-state index contributed by atoms with van der Waals surface area (Å²) in [5.74, 6) is 1.43. The number of aromatic amines is 1. The van der Waals surface area contributed by atoms with E-state index in [9.17, 15) is 5.11 Å². The predicted octanol–water partition coefficient (Wildman–Crippen LogP) is 3.63. The molecule has 0 unspecified atom stereocenters. The van der Waals surface area contributed by atoms with Crippen molar-refractivity contribution < 1.29 is 5.11 Å². The van der Waals surface area contributed by atoms with Gasteiger partial charge in [0.2, 0.25) is 5.82 Å². The molecule has 0 atom stereocenters. The zero-order valence-electron chi connectivity index (χ0n) is 16.7. The minimum absolute atomic E-state index is 0.321. The van der Waals surface area contributed by atoms with Gasteiger partial charge < -0.3 is 9.67 Å². The molecule has 0 aliphatic heterocycles. The van der Waals surface area contributed by atoms with E-state index in [4.69, 9.17) is 11.6 Å². The van der Waals surface area contributed by atoms with Gasteiger partial charge in [0, 0.05) is 24.2 Å². The van der Waals surface area contributed by atoms with Gasteiger partial charge in [0.05, 0.1) is 0 Å². The molecule has 0 radical (unpaired) electrons. The third kappa shape index (κ3) is 4.13. The molecule has 1 N–H and O–H groups in total. The number of tetrazole rings is 1. The summed E-state index contributed by atoms with van der Waals surface area (Å²) in [6.07, 6.45) is 2.88. The first-order chi connectivity index (χ1) is 14.7. The summed E-state index contributed by atoms with van der Waals surface area (Å²) >= 11 is 6.22. The summed E-state index contributed by atoms with van der Waals surface area (Å²) in [4.78, 5) is 4.43. The first kappa shape index (κ1) is 20.3. The van der Waals surface area contributed by atoms with Crippen LogP contribution in [0.4, 0.5) is 0 Å². The summed E-state index contributed by atoms with van der Waals surface area (Å²) in [6.45, 7) is 2.33. The predicted molar refractivity (Wildman–Crippen MR) is 114 cm³/mol. The van der Waals surface area contributed by atoms with Crippen LogP contribution in [-0.2, 0) is 19.6 Å². The Morgan fingerprint density at radius 2 is 1.83 bits per heavy atom. The molecule has 0 saturated carbocycles. The molecule has 154 valence electrons. The number of hydrogen-bond acceptors (Lipinski definition) is 5. The number of aromatic nitrogens is 6. The quantitative estimate of drug-likeness (QED) is 0.468. The smallest absolute Gasteiger partial charge is 0.205 e. The van der Waals surface area contributed by atoms with Crippen LogP contribution >= 0.6 is 11.6 Å². The highest BCUT2D eigenvalue weighted by Gasteiger charge is 2.14. The third-order valence-electron chi connectivity index (χ3n) is 5.11. The second-order valence-corrected chi connectivity index (χ2v) is 7.44. The lowest BCUT2D eigenvalue weighted by atomic mass is 9.98. The molecule has 2 aromatic carbocycles. The van der Waals surface area contributed by atoms with Gasteiger partial charge in [-0.15, -0.1) is 10.2 Å². The summed E-state index contributed by atoms with van der Waals surface area (Å²) in [7, 11) is 0. The second-order valence-electron chi connectivity index (χ2n) is 7.08. The van der Waals surface area contributed by atoms with Crippen LogP contribution in [0.2, 0.25) is 5.15 Å². The van der Waals surface area contributed by atoms with Crippen LogP contribution < -0.4 is 5.11 Å². The lowest BCUT2D eigenvalue weighted by Gasteiger charge is -2.15. The third-order valence-corrected chi connectivity index (χ3v) is 5.41. The van der Waals surface area contributed by atoms with Gasteiger partial charge in [-0.2, -0.15) is 5.21 Å². The molecule has 2 heterocycles. The van der Waals surface area contributed by atoms with Crippen LogP contribution in [0.3, 0.4) is 0 Å². The molecule has 7 nitrogen and oxygen atoms in total. The molecule has 0 amide bonds. The van der Waals surface area contributed by atoms with Gasteiger partial charge in [0.1, 0.15) is 11.0 Å². The SMILES string of the molecule is CCCCc1nc(Cl)c(C[O-])n1Cc1ccc(-c2ccccc2-c2nn[nH]n2)cc1. The maximum atomic E-state index is 11.7. The second kappa shape index (κ2) is 9.19. The zero-order valence-corrected chi connectivity index (χ0v) is 17.4. The maximum absolute atomic E-state index is 11.7. The van der Waals surface area contributed by atoms with Crippen LogP contribution in [0.15, 0.2) is 48.5 Å². The maximum Gasteiger partial charge on any atom is 0.205 e. The molecule has 30 heavy (non-hydrogen) atoms. The highest BCUT2D eigenvalue weighted by atomic mass is 35.5. The van der Waals surface area contributed by atoms with Crippen molar-refractivity contribution in [3.05, 3.63) is 70.8 Å². The van der Waals surface area contributed by atoms with E-state index in [1.54, 1.807) is 0 Å². The monoisotopic (exact) mass is 421 g/mol. The molecule has 0 fully saturated rings. The molecule has 0 aliphatic rings. The fourth-order valence-electron chi connectivity index (χ4n) is 3.53. The average molecular weight is 422 g/mol. The molecule has 4 aromatic rings. The number of hydrogen-bond donors (Lipinski definition) is 1. The van der Waals surface area contributed by atoms with E-state index < -0.39 is 0 Å². The van der Waals surface area contributed by atoms with Crippen molar-refractivity contribution in [3.63, 3.8) is 0 Å². The van der Waals surface area contributed by atoms with Crippen LogP contribution in [0.1, 0.15) is 36.8 Å². The van der Waals surface area contributed by atoms with E-state index in [0.29, 0.717) is 23.2 Å². The lowest BCUT2D eigenvalue weighted by molar-refractivity contribution is -0.387. The van der Waals surface area contributed by atoms with Crippen LogP contribution in [-0.4, -0.2) is 30.2 Å². The first-order valence-corrected chi connectivity index (χ1v) is 10.3. The van der Waals surface area contributed by atoms with E-state index in [2.05, 4.69) is 56.8 Å². The number of benzene rings is 2. The Labute approximate surface area is 179 Å². The van der Waals surface area contributed by atoms with Gasteiger partial charge in [0.15, 0.2) is 0 Å². The van der Waals surface area contributed by atoms with Crippen molar-refractivity contribution >= 4 is 11.6 Å². The van der Waals surface area contributed by atoms with E-state index in [-0.39, 0.29) is 6.61 Å². The Morgan fingerprint density at radius 1 is 1.07 bits per heavy atom. The zero-order chi connectivity index (χ0) is 20.9. The number of aryl methyl sites for hydroxylation is 1.